The van der Waals surface area contributed by atoms with Gasteiger partial charge in [-0.05, 0) is 32.1 Å². The summed E-state index contributed by atoms with van der Waals surface area (Å²) in [5, 5.41) is 6.32. The van der Waals surface area contributed by atoms with Gasteiger partial charge in [-0.3, -0.25) is 9.63 Å². The third-order valence-corrected chi connectivity index (χ3v) is 3.96. The molecule has 2 rings (SSSR count). The molecule has 8 heteroatoms. The molecule has 2 heterocycles. The molecule has 1 amide bonds. The van der Waals surface area contributed by atoms with Crippen molar-refractivity contribution in [2.24, 2.45) is 0 Å². The van der Waals surface area contributed by atoms with Gasteiger partial charge in [0.05, 0.1) is 7.11 Å². The molecule has 0 radical (unpaired) electrons. The van der Waals surface area contributed by atoms with E-state index in [0.29, 0.717) is 23.8 Å². The van der Waals surface area contributed by atoms with Gasteiger partial charge in [-0.1, -0.05) is 11.8 Å². The lowest BCUT2D eigenvalue weighted by atomic mass is 10.1. The number of hydrogen-bond donors (Lipinski definition) is 0. The Morgan fingerprint density at radius 3 is 2.71 bits per heavy atom. The van der Waals surface area contributed by atoms with E-state index in [0.717, 1.165) is 17.0 Å². The number of carbonyl (C=O) groups is 1. The number of hydroxylamine groups is 2. The molecule has 0 aliphatic heterocycles. The van der Waals surface area contributed by atoms with Crippen LogP contribution < -0.4 is 0 Å². The summed E-state index contributed by atoms with van der Waals surface area (Å²) in [6.07, 6.45) is 2.89. The number of aryl methyl sites for hydroxylation is 2. The molecule has 0 saturated heterocycles. The average Bonchev–Trinajstić information content (AvgIpc) is 2.89. The monoisotopic (exact) mass is 309 g/mol. The van der Waals surface area contributed by atoms with Crippen LogP contribution in [-0.4, -0.2) is 51.0 Å². The summed E-state index contributed by atoms with van der Waals surface area (Å²) in [5.41, 5.74) is 2.88. The fraction of sp³-hybridized carbons (Fsp3) is 0.538. The first kappa shape index (κ1) is 15.7. The van der Waals surface area contributed by atoms with E-state index < -0.39 is 0 Å². The van der Waals surface area contributed by atoms with Gasteiger partial charge < -0.3 is 0 Å². The Kier molecular flexibility index (Phi) is 4.79. The van der Waals surface area contributed by atoms with Crippen LogP contribution in [0.25, 0.3) is 5.78 Å². The molecule has 0 atom stereocenters. The fourth-order valence-corrected chi connectivity index (χ4v) is 2.47. The van der Waals surface area contributed by atoms with Crippen LogP contribution in [-0.2, 0) is 16.1 Å². The van der Waals surface area contributed by atoms with E-state index in [1.54, 1.807) is 11.6 Å². The molecular formula is C13H19N5O2S. The Hall–Kier alpha value is -1.67. The number of amides is 1. The lowest BCUT2D eigenvalue weighted by molar-refractivity contribution is -0.168. The number of fused-ring (bicyclic) bond motifs is 1. The maximum absolute atomic E-state index is 11.8. The van der Waals surface area contributed by atoms with Crippen molar-refractivity contribution in [1.82, 2.24) is 24.6 Å². The predicted octanol–water partition coefficient (Wildman–Crippen LogP) is 1.42. The highest BCUT2D eigenvalue weighted by Gasteiger charge is 2.15. The van der Waals surface area contributed by atoms with Gasteiger partial charge in [-0.2, -0.15) is 4.98 Å². The van der Waals surface area contributed by atoms with E-state index >= 15 is 0 Å². The maximum atomic E-state index is 11.8. The van der Waals surface area contributed by atoms with Gasteiger partial charge in [-0.15, -0.1) is 5.10 Å². The third kappa shape index (κ3) is 3.16. The third-order valence-electron chi connectivity index (χ3n) is 3.43. The summed E-state index contributed by atoms with van der Waals surface area (Å²) in [7, 11) is 3.08. The number of carbonyl (C=O) groups excluding carboxylic acids is 1. The molecule has 0 unspecified atom stereocenters. The van der Waals surface area contributed by atoms with Crippen LogP contribution in [0, 0.1) is 13.8 Å². The summed E-state index contributed by atoms with van der Waals surface area (Å²) in [6.45, 7) is 3.90. The molecule has 114 valence electrons. The van der Waals surface area contributed by atoms with Crippen LogP contribution in [0.4, 0.5) is 0 Å². The summed E-state index contributed by atoms with van der Waals surface area (Å²) in [5.74, 6) is 0.526. The van der Waals surface area contributed by atoms with E-state index in [1.807, 2.05) is 20.1 Å². The standard InChI is InChI=1S/C13H19N5O2S/c1-8-10(6-7-11(19)17(3)20-4)9(2)18-12(14-8)15-13(16-18)21-5/h6-7H2,1-5H3. The summed E-state index contributed by atoms with van der Waals surface area (Å²) in [4.78, 5) is 25.5. The smallest absolute Gasteiger partial charge is 0.253 e. The van der Waals surface area contributed by atoms with Crippen LogP contribution >= 0.6 is 11.8 Å². The van der Waals surface area contributed by atoms with Gasteiger partial charge in [0.25, 0.3) is 5.78 Å². The number of hydrogen-bond acceptors (Lipinski definition) is 6. The molecule has 2 aromatic heterocycles. The van der Waals surface area contributed by atoms with Crippen molar-refractivity contribution in [1.29, 1.82) is 0 Å². The molecule has 21 heavy (non-hydrogen) atoms. The van der Waals surface area contributed by atoms with Gasteiger partial charge in [0.2, 0.25) is 11.1 Å². The number of thioether (sulfide) groups is 1. The van der Waals surface area contributed by atoms with Gasteiger partial charge in [0.15, 0.2) is 0 Å². The van der Waals surface area contributed by atoms with E-state index in [1.165, 1.54) is 23.9 Å². The SMILES string of the molecule is CON(C)C(=O)CCc1c(C)nc2nc(SC)nn2c1C. The van der Waals surface area contributed by atoms with Crippen molar-refractivity contribution in [3.63, 3.8) is 0 Å². The van der Waals surface area contributed by atoms with Gasteiger partial charge in [0, 0.05) is 24.9 Å². The van der Waals surface area contributed by atoms with Crippen LogP contribution in [0.3, 0.4) is 0 Å². The highest BCUT2D eigenvalue weighted by Crippen LogP contribution is 2.18. The van der Waals surface area contributed by atoms with Gasteiger partial charge in [-0.25, -0.2) is 14.6 Å². The molecule has 0 saturated carbocycles. The Labute approximate surface area is 127 Å². The number of aromatic nitrogens is 4. The summed E-state index contributed by atoms with van der Waals surface area (Å²) >= 11 is 1.48. The quantitative estimate of drug-likeness (QED) is 0.614. The van der Waals surface area contributed by atoms with Crippen molar-refractivity contribution in [2.45, 2.75) is 31.8 Å². The molecule has 0 bridgehead atoms. The zero-order valence-corrected chi connectivity index (χ0v) is 13.7. The predicted molar refractivity (Wildman–Crippen MR) is 80.1 cm³/mol. The van der Waals surface area contributed by atoms with Gasteiger partial charge in [0.1, 0.15) is 0 Å². The van der Waals surface area contributed by atoms with Crippen LogP contribution in [0.5, 0.6) is 0 Å². The molecule has 0 N–H and O–H groups in total. The molecule has 7 nitrogen and oxygen atoms in total. The highest BCUT2D eigenvalue weighted by atomic mass is 32.2. The Bertz CT molecular complexity index is 670. The van der Waals surface area contributed by atoms with Crippen molar-refractivity contribution < 1.29 is 9.63 Å². The first-order valence-electron chi connectivity index (χ1n) is 6.55. The van der Waals surface area contributed by atoms with Crippen LogP contribution in [0.15, 0.2) is 5.16 Å². The largest absolute Gasteiger partial charge is 0.275 e. The molecule has 2 aromatic rings. The van der Waals surface area contributed by atoms with E-state index in [4.69, 9.17) is 4.84 Å². The maximum Gasteiger partial charge on any atom is 0.253 e. The zero-order valence-electron chi connectivity index (χ0n) is 12.9. The molecule has 0 aliphatic rings. The Morgan fingerprint density at radius 2 is 2.10 bits per heavy atom. The zero-order chi connectivity index (χ0) is 15.6. The molecular weight excluding hydrogens is 290 g/mol. The minimum atomic E-state index is -0.0696. The summed E-state index contributed by atoms with van der Waals surface area (Å²) < 4.78 is 1.73. The molecule has 0 aliphatic carbocycles. The fourth-order valence-electron chi connectivity index (χ4n) is 2.13. The second-order valence-electron chi connectivity index (χ2n) is 4.65. The topological polar surface area (TPSA) is 72.6 Å². The first-order chi connectivity index (χ1) is 9.97. The average molecular weight is 309 g/mol. The van der Waals surface area contributed by atoms with Gasteiger partial charge >= 0.3 is 0 Å². The van der Waals surface area contributed by atoms with Crippen molar-refractivity contribution in [3.8, 4) is 0 Å². The Morgan fingerprint density at radius 1 is 1.38 bits per heavy atom. The Balaban J connectivity index is 2.29. The highest BCUT2D eigenvalue weighted by molar-refractivity contribution is 7.98. The van der Waals surface area contributed by atoms with Crippen LogP contribution in [0.1, 0.15) is 23.4 Å². The summed E-state index contributed by atoms with van der Waals surface area (Å²) in [6, 6.07) is 0. The van der Waals surface area contributed by atoms with Crippen molar-refractivity contribution >= 4 is 23.4 Å². The van der Waals surface area contributed by atoms with Crippen molar-refractivity contribution in [2.75, 3.05) is 20.4 Å². The van der Waals surface area contributed by atoms with E-state index in [9.17, 15) is 4.79 Å². The van der Waals surface area contributed by atoms with Crippen LogP contribution in [0.2, 0.25) is 0 Å². The second-order valence-corrected chi connectivity index (χ2v) is 5.42. The minimum absolute atomic E-state index is 0.0696. The van der Waals surface area contributed by atoms with E-state index in [2.05, 4.69) is 15.1 Å². The molecule has 0 aromatic carbocycles. The molecule has 0 fully saturated rings. The lowest BCUT2D eigenvalue weighted by Gasteiger charge is -2.14. The normalized spacial score (nSPS) is 11.1. The van der Waals surface area contributed by atoms with E-state index in [-0.39, 0.29) is 5.91 Å². The minimum Gasteiger partial charge on any atom is -0.275 e. The first-order valence-corrected chi connectivity index (χ1v) is 7.78. The second kappa shape index (κ2) is 6.40. The van der Waals surface area contributed by atoms with Crippen molar-refractivity contribution in [3.05, 3.63) is 17.0 Å². The number of rotatable bonds is 5. The number of nitrogens with zero attached hydrogens (tertiary/aromatic N) is 5. The molecule has 0 spiro atoms. The lowest BCUT2D eigenvalue weighted by Crippen LogP contribution is -2.25.